The van der Waals surface area contributed by atoms with Gasteiger partial charge in [-0.15, -0.1) is 0 Å². The van der Waals surface area contributed by atoms with E-state index in [1.54, 1.807) is 0 Å². The van der Waals surface area contributed by atoms with Crippen molar-refractivity contribution in [3.05, 3.63) is 29.6 Å². The number of hydrogen-bond acceptors (Lipinski definition) is 2. The molecule has 14 heavy (non-hydrogen) atoms. The van der Waals surface area contributed by atoms with Crippen LogP contribution in [-0.4, -0.2) is 11.3 Å². The maximum Gasteiger partial charge on any atom is 0.120 e. The zero-order chi connectivity index (χ0) is 10.4. The second-order valence-corrected chi connectivity index (χ2v) is 3.61. The number of hydrogen-bond donors (Lipinski definition) is 0. The second-order valence-electron chi connectivity index (χ2n) is 3.61. The Hall–Kier alpha value is -1.18. The molecule has 0 aliphatic rings. The van der Waals surface area contributed by atoms with Crippen molar-refractivity contribution in [2.45, 2.75) is 39.0 Å². The molecule has 1 aromatic rings. The first kappa shape index (κ1) is 10.9. The minimum atomic E-state index is 0.523. The summed E-state index contributed by atoms with van der Waals surface area (Å²) in [7, 11) is 0. The summed E-state index contributed by atoms with van der Waals surface area (Å²) < 4.78 is 0. The number of carbonyl (C=O) groups is 1. The van der Waals surface area contributed by atoms with Crippen LogP contribution in [0.5, 0.6) is 0 Å². The summed E-state index contributed by atoms with van der Waals surface area (Å²) in [6.07, 6.45) is 5.33. The topological polar surface area (TPSA) is 30.0 Å². The van der Waals surface area contributed by atoms with E-state index in [1.807, 2.05) is 6.20 Å². The maximum atomic E-state index is 10.2. The van der Waals surface area contributed by atoms with Gasteiger partial charge in [0.1, 0.15) is 6.29 Å². The Morgan fingerprint density at radius 2 is 2.29 bits per heavy atom. The van der Waals surface area contributed by atoms with E-state index in [2.05, 4.69) is 31.0 Å². The quantitative estimate of drug-likeness (QED) is 0.670. The van der Waals surface area contributed by atoms with Crippen molar-refractivity contribution < 1.29 is 4.79 Å². The molecule has 76 valence electrons. The molecule has 2 nitrogen and oxygen atoms in total. The monoisotopic (exact) mass is 191 g/mol. The van der Waals surface area contributed by atoms with Crippen molar-refractivity contribution in [3.8, 4) is 0 Å². The highest BCUT2D eigenvalue weighted by Gasteiger charge is 2.03. The zero-order valence-corrected chi connectivity index (χ0v) is 8.86. The number of pyridine rings is 1. The van der Waals surface area contributed by atoms with Crippen LogP contribution in [0, 0.1) is 0 Å². The first-order valence-electron chi connectivity index (χ1n) is 5.16. The van der Waals surface area contributed by atoms with Crippen molar-refractivity contribution in [1.82, 2.24) is 4.98 Å². The molecule has 0 saturated carbocycles. The lowest BCUT2D eigenvalue weighted by Gasteiger charge is -2.07. The fourth-order valence-electron chi connectivity index (χ4n) is 1.31. The van der Waals surface area contributed by atoms with Gasteiger partial charge in [0.05, 0.1) is 0 Å². The lowest BCUT2D eigenvalue weighted by molar-refractivity contribution is -0.107. The van der Waals surface area contributed by atoms with Gasteiger partial charge in [-0.2, -0.15) is 0 Å². The number of nitrogens with zero attached hydrogens (tertiary/aromatic N) is 1. The summed E-state index contributed by atoms with van der Waals surface area (Å²) in [5.74, 6) is 0.523. The summed E-state index contributed by atoms with van der Waals surface area (Å²) in [5.41, 5.74) is 2.28. The number of aldehydes is 1. The van der Waals surface area contributed by atoms with E-state index in [1.165, 1.54) is 0 Å². The molecule has 0 fully saturated rings. The molecular formula is C12H17NO. The van der Waals surface area contributed by atoms with Crippen LogP contribution in [0.25, 0.3) is 0 Å². The Morgan fingerprint density at radius 1 is 1.50 bits per heavy atom. The predicted molar refractivity (Wildman–Crippen MR) is 57.3 cm³/mol. The minimum absolute atomic E-state index is 0.523. The minimum Gasteiger partial charge on any atom is -0.303 e. The van der Waals surface area contributed by atoms with Gasteiger partial charge in [0, 0.05) is 18.3 Å². The molecule has 0 radical (unpaired) electrons. The van der Waals surface area contributed by atoms with Crippen LogP contribution in [0.4, 0.5) is 0 Å². The summed E-state index contributed by atoms with van der Waals surface area (Å²) in [6.45, 7) is 4.33. The van der Waals surface area contributed by atoms with E-state index in [0.29, 0.717) is 12.3 Å². The summed E-state index contributed by atoms with van der Waals surface area (Å²) >= 11 is 0. The van der Waals surface area contributed by atoms with Gasteiger partial charge in [-0.05, 0) is 30.4 Å². The smallest absolute Gasteiger partial charge is 0.120 e. The van der Waals surface area contributed by atoms with Crippen molar-refractivity contribution in [2.75, 3.05) is 0 Å². The molecule has 1 heterocycles. The van der Waals surface area contributed by atoms with Crippen LogP contribution in [-0.2, 0) is 11.2 Å². The molecule has 0 spiro atoms. The van der Waals surface area contributed by atoms with Crippen LogP contribution in [0.2, 0.25) is 0 Å². The largest absolute Gasteiger partial charge is 0.303 e. The number of aromatic nitrogens is 1. The third kappa shape index (κ3) is 2.95. The molecule has 0 saturated heterocycles. The molecule has 0 bridgehead atoms. The van der Waals surface area contributed by atoms with E-state index in [9.17, 15) is 4.79 Å². The number of aryl methyl sites for hydroxylation is 1. The van der Waals surface area contributed by atoms with Gasteiger partial charge in [0.15, 0.2) is 0 Å². The molecule has 0 aliphatic heterocycles. The molecule has 1 rings (SSSR count). The normalized spacial score (nSPS) is 12.4. The highest BCUT2D eigenvalue weighted by Crippen LogP contribution is 2.16. The van der Waals surface area contributed by atoms with Gasteiger partial charge in [-0.25, -0.2) is 0 Å². The Labute approximate surface area is 85.4 Å². The van der Waals surface area contributed by atoms with E-state index in [0.717, 1.165) is 30.4 Å². The summed E-state index contributed by atoms with van der Waals surface area (Å²) in [4.78, 5) is 14.6. The molecule has 1 atom stereocenters. The molecule has 1 unspecified atom stereocenters. The Kier molecular flexibility index (Phi) is 4.30. The molecule has 1 aromatic heterocycles. The van der Waals surface area contributed by atoms with Crippen molar-refractivity contribution in [3.63, 3.8) is 0 Å². The van der Waals surface area contributed by atoms with Crippen molar-refractivity contribution in [2.24, 2.45) is 0 Å². The fraction of sp³-hybridized carbons (Fsp3) is 0.500. The lowest BCUT2D eigenvalue weighted by atomic mass is 10.0. The van der Waals surface area contributed by atoms with Gasteiger partial charge in [0.2, 0.25) is 0 Å². The molecule has 0 amide bonds. The van der Waals surface area contributed by atoms with Gasteiger partial charge >= 0.3 is 0 Å². The van der Waals surface area contributed by atoms with Crippen LogP contribution >= 0.6 is 0 Å². The third-order valence-corrected chi connectivity index (χ3v) is 2.52. The second kappa shape index (κ2) is 5.53. The molecule has 2 heteroatoms. The van der Waals surface area contributed by atoms with E-state index in [-0.39, 0.29) is 0 Å². The van der Waals surface area contributed by atoms with Crippen LogP contribution in [0.3, 0.4) is 0 Å². The van der Waals surface area contributed by atoms with Crippen LogP contribution in [0.1, 0.15) is 43.9 Å². The van der Waals surface area contributed by atoms with Crippen LogP contribution < -0.4 is 0 Å². The van der Waals surface area contributed by atoms with Crippen LogP contribution in [0.15, 0.2) is 18.3 Å². The number of carbonyl (C=O) groups excluding carboxylic acids is 1. The molecule has 0 aliphatic carbocycles. The van der Waals surface area contributed by atoms with E-state index >= 15 is 0 Å². The van der Waals surface area contributed by atoms with Crippen molar-refractivity contribution >= 4 is 6.29 Å². The van der Waals surface area contributed by atoms with Crippen molar-refractivity contribution in [1.29, 1.82) is 0 Å². The number of rotatable bonds is 5. The Morgan fingerprint density at radius 3 is 2.79 bits per heavy atom. The Balaban J connectivity index is 2.63. The SMILES string of the molecule is CCC(C)c1ccc(CCC=O)cn1. The zero-order valence-electron chi connectivity index (χ0n) is 8.86. The highest BCUT2D eigenvalue weighted by molar-refractivity contribution is 5.49. The standard InChI is InChI=1S/C12H17NO/c1-3-10(2)12-7-6-11(9-13-12)5-4-8-14/h6-10H,3-5H2,1-2H3. The van der Waals surface area contributed by atoms with Gasteiger partial charge < -0.3 is 4.79 Å². The first-order chi connectivity index (χ1) is 6.77. The fourth-order valence-corrected chi connectivity index (χ4v) is 1.31. The van der Waals surface area contributed by atoms with Gasteiger partial charge in [0.25, 0.3) is 0 Å². The summed E-state index contributed by atoms with van der Waals surface area (Å²) in [5, 5.41) is 0. The first-order valence-corrected chi connectivity index (χ1v) is 5.16. The maximum absolute atomic E-state index is 10.2. The average molecular weight is 191 g/mol. The average Bonchev–Trinajstić information content (AvgIpc) is 2.26. The molecule has 0 aromatic carbocycles. The highest BCUT2D eigenvalue weighted by atomic mass is 16.1. The van der Waals surface area contributed by atoms with E-state index < -0.39 is 0 Å². The Bertz CT molecular complexity index is 279. The molecular weight excluding hydrogens is 174 g/mol. The third-order valence-electron chi connectivity index (χ3n) is 2.52. The van der Waals surface area contributed by atoms with E-state index in [4.69, 9.17) is 0 Å². The molecule has 0 N–H and O–H groups in total. The van der Waals surface area contributed by atoms with Gasteiger partial charge in [-0.1, -0.05) is 19.9 Å². The summed E-state index contributed by atoms with van der Waals surface area (Å²) in [6, 6.07) is 4.13. The van der Waals surface area contributed by atoms with Gasteiger partial charge in [-0.3, -0.25) is 4.98 Å². The predicted octanol–water partition coefficient (Wildman–Crippen LogP) is 2.73. The lowest BCUT2D eigenvalue weighted by Crippen LogP contribution is -1.96.